The third-order valence-corrected chi connectivity index (χ3v) is 5.53. The molecule has 0 bridgehead atoms. The van der Waals surface area contributed by atoms with E-state index in [0.717, 1.165) is 37.1 Å². The van der Waals surface area contributed by atoms with Crippen LogP contribution in [0.1, 0.15) is 49.8 Å². The van der Waals surface area contributed by atoms with Crippen molar-refractivity contribution in [2.24, 2.45) is 5.92 Å². The molecular formula is C22H30FN5O. The van der Waals surface area contributed by atoms with E-state index in [1.807, 2.05) is 39.0 Å². The summed E-state index contributed by atoms with van der Waals surface area (Å²) >= 11 is 0. The van der Waals surface area contributed by atoms with Crippen molar-refractivity contribution in [3.63, 3.8) is 0 Å². The molecule has 0 unspecified atom stereocenters. The van der Waals surface area contributed by atoms with E-state index in [9.17, 15) is 9.18 Å². The Balaban J connectivity index is 1.52. The minimum Gasteiger partial charge on any atom is -0.362 e. The second-order valence-electron chi connectivity index (χ2n) is 8.04. The number of amides is 1. The molecule has 2 aromatic rings. The molecule has 1 atom stereocenters. The van der Waals surface area contributed by atoms with Gasteiger partial charge in [-0.15, -0.1) is 0 Å². The predicted octanol–water partition coefficient (Wildman–Crippen LogP) is 3.84. The third-order valence-electron chi connectivity index (χ3n) is 5.53. The molecule has 0 saturated heterocycles. The number of aromatic nitrogens is 2. The Labute approximate surface area is 171 Å². The minimum atomic E-state index is -0.343. The van der Waals surface area contributed by atoms with Crippen molar-refractivity contribution in [3.8, 4) is 0 Å². The molecule has 0 spiro atoms. The van der Waals surface area contributed by atoms with Crippen LogP contribution in [0.5, 0.6) is 0 Å². The van der Waals surface area contributed by atoms with E-state index in [4.69, 9.17) is 0 Å². The van der Waals surface area contributed by atoms with Gasteiger partial charge in [-0.05, 0) is 45.6 Å². The highest BCUT2D eigenvalue weighted by molar-refractivity contribution is 5.79. The van der Waals surface area contributed by atoms with Crippen molar-refractivity contribution in [1.82, 2.24) is 15.3 Å². The fourth-order valence-corrected chi connectivity index (χ4v) is 3.87. The van der Waals surface area contributed by atoms with E-state index in [-0.39, 0.29) is 29.7 Å². The summed E-state index contributed by atoms with van der Waals surface area (Å²) < 4.78 is 13.9. The Bertz CT molecular complexity index is 849. The number of carbonyl (C=O) groups is 1. The zero-order valence-corrected chi connectivity index (χ0v) is 17.6. The number of benzene rings is 1. The summed E-state index contributed by atoms with van der Waals surface area (Å²) in [6.45, 7) is 3.81. The molecule has 156 valence electrons. The number of aryl methyl sites for hydroxylation is 1. The van der Waals surface area contributed by atoms with Crippen molar-refractivity contribution in [2.75, 3.05) is 24.3 Å². The molecule has 29 heavy (non-hydrogen) atoms. The van der Waals surface area contributed by atoms with Gasteiger partial charge in [0.15, 0.2) is 0 Å². The van der Waals surface area contributed by atoms with Gasteiger partial charge < -0.3 is 15.5 Å². The predicted molar refractivity (Wildman–Crippen MR) is 113 cm³/mol. The van der Waals surface area contributed by atoms with Crippen molar-refractivity contribution >= 4 is 17.7 Å². The SMILES string of the molecule is Cc1cnc(NC2CCC(C(=O)N[C@@H](C)c3ccccc3F)CC2)nc1N(C)C. The molecule has 1 aromatic carbocycles. The average molecular weight is 400 g/mol. The number of halogens is 1. The third kappa shape index (κ3) is 5.22. The highest BCUT2D eigenvalue weighted by Gasteiger charge is 2.28. The number of nitrogens with one attached hydrogen (secondary N) is 2. The number of hydrogen-bond acceptors (Lipinski definition) is 5. The Morgan fingerprint density at radius 2 is 1.90 bits per heavy atom. The summed E-state index contributed by atoms with van der Waals surface area (Å²) in [4.78, 5) is 23.6. The van der Waals surface area contributed by atoms with E-state index < -0.39 is 0 Å². The molecule has 1 amide bonds. The average Bonchev–Trinajstić information content (AvgIpc) is 2.70. The van der Waals surface area contributed by atoms with Crippen LogP contribution in [0.15, 0.2) is 30.5 Å². The molecule has 1 aliphatic rings. The summed E-state index contributed by atoms with van der Waals surface area (Å²) in [7, 11) is 3.93. The molecular weight excluding hydrogens is 369 g/mol. The lowest BCUT2D eigenvalue weighted by atomic mass is 9.85. The van der Waals surface area contributed by atoms with Crippen molar-refractivity contribution in [1.29, 1.82) is 0 Å². The Kier molecular flexibility index (Phi) is 6.67. The molecule has 1 fully saturated rings. The lowest BCUT2D eigenvalue weighted by Gasteiger charge is -2.29. The molecule has 0 aliphatic heterocycles. The molecule has 6 nitrogen and oxygen atoms in total. The van der Waals surface area contributed by atoms with Crippen LogP contribution in [0.2, 0.25) is 0 Å². The van der Waals surface area contributed by atoms with E-state index in [1.54, 1.807) is 18.2 Å². The van der Waals surface area contributed by atoms with E-state index in [0.29, 0.717) is 11.5 Å². The lowest BCUT2D eigenvalue weighted by Crippen LogP contribution is -2.37. The second kappa shape index (κ2) is 9.20. The highest BCUT2D eigenvalue weighted by atomic mass is 19.1. The first-order chi connectivity index (χ1) is 13.8. The van der Waals surface area contributed by atoms with Gasteiger partial charge in [-0.2, -0.15) is 4.98 Å². The van der Waals surface area contributed by atoms with Gasteiger partial charge in [0.05, 0.1) is 6.04 Å². The number of nitrogens with zero attached hydrogens (tertiary/aromatic N) is 3. The number of anilines is 2. The van der Waals surface area contributed by atoms with Crippen molar-refractivity contribution < 1.29 is 9.18 Å². The molecule has 0 radical (unpaired) electrons. The molecule has 3 rings (SSSR count). The van der Waals surface area contributed by atoms with Gasteiger partial charge in [0, 0.05) is 43.4 Å². The number of carbonyl (C=O) groups excluding carboxylic acids is 1. The van der Waals surface area contributed by atoms with E-state index >= 15 is 0 Å². The van der Waals surface area contributed by atoms with Crippen LogP contribution < -0.4 is 15.5 Å². The lowest BCUT2D eigenvalue weighted by molar-refractivity contribution is -0.126. The first kappa shape index (κ1) is 21.0. The van der Waals surface area contributed by atoms with E-state index in [2.05, 4.69) is 20.6 Å². The van der Waals surface area contributed by atoms with Gasteiger partial charge in [0.1, 0.15) is 11.6 Å². The number of rotatable bonds is 6. The summed E-state index contributed by atoms with van der Waals surface area (Å²) in [5, 5.41) is 6.37. The molecule has 1 aromatic heterocycles. The molecule has 7 heteroatoms. The Hall–Kier alpha value is -2.70. The van der Waals surface area contributed by atoms with E-state index in [1.165, 1.54) is 6.07 Å². The standard InChI is InChI=1S/C22H30FN5O/c1-14-13-24-22(27-20(14)28(3)4)26-17-11-9-16(10-12-17)21(29)25-15(2)18-7-5-6-8-19(18)23/h5-8,13,15-17H,9-12H2,1-4H3,(H,25,29)(H,24,26,27)/t15-,16?,17?/m0/s1. The van der Waals surface area contributed by atoms with Gasteiger partial charge in [0.2, 0.25) is 11.9 Å². The van der Waals surface area contributed by atoms with Gasteiger partial charge in [-0.3, -0.25) is 4.79 Å². The molecule has 1 saturated carbocycles. The van der Waals surface area contributed by atoms with Gasteiger partial charge >= 0.3 is 0 Å². The number of hydrogen-bond donors (Lipinski definition) is 2. The zero-order chi connectivity index (χ0) is 21.0. The maximum atomic E-state index is 13.9. The summed E-state index contributed by atoms with van der Waals surface area (Å²) in [5.74, 6) is 1.20. The largest absolute Gasteiger partial charge is 0.362 e. The fourth-order valence-electron chi connectivity index (χ4n) is 3.87. The van der Waals surface area contributed by atoms with Crippen molar-refractivity contribution in [3.05, 3.63) is 47.4 Å². The monoisotopic (exact) mass is 399 g/mol. The Morgan fingerprint density at radius 1 is 1.21 bits per heavy atom. The quantitative estimate of drug-likeness (QED) is 0.772. The maximum absolute atomic E-state index is 13.9. The normalized spacial score (nSPS) is 20.0. The fraction of sp³-hybridized carbons (Fsp3) is 0.500. The first-order valence-corrected chi connectivity index (χ1v) is 10.2. The molecule has 1 heterocycles. The molecule has 1 aliphatic carbocycles. The Morgan fingerprint density at radius 3 is 2.55 bits per heavy atom. The van der Waals surface area contributed by atoms with Crippen LogP contribution in [0.3, 0.4) is 0 Å². The topological polar surface area (TPSA) is 70.1 Å². The summed E-state index contributed by atoms with van der Waals surface area (Å²) in [6, 6.07) is 6.48. The van der Waals surface area contributed by atoms with Crippen LogP contribution in [0, 0.1) is 18.7 Å². The first-order valence-electron chi connectivity index (χ1n) is 10.2. The summed E-state index contributed by atoms with van der Waals surface area (Å²) in [5.41, 5.74) is 1.55. The van der Waals surface area contributed by atoms with Crippen LogP contribution in [-0.4, -0.2) is 36.0 Å². The second-order valence-corrected chi connectivity index (χ2v) is 8.04. The minimum absolute atomic E-state index is 0.000632. The highest BCUT2D eigenvalue weighted by Crippen LogP contribution is 2.28. The van der Waals surface area contributed by atoms with Crippen LogP contribution in [0.25, 0.3) is 0 Å². The smallest absolute Gasteiger partial charge is 0.224 e. The van der Waals surface area contributed by atoms with Crippen molar-refractivity contribution in [2.45, 2.75) is 51.6 Å². The van der Waals surface area contributed by atoms with Gasteiger partial charge in [0.25, 0.3) is 0 Å². The maximum Gasteiger partial charge on any atom is 0.224 e. The zero-order valence-electron chi connectivity index (χ0n) is 17.6. The van der Waals surface area contributed by atoms with Crippen LogP contribution in [-0.2, 0) is 4.79 Å². The van der Waals surface area contributed by atoms with Crippen LogP contribution in [0.4, 0.5) is 16.2 Å². The van der Waals surface area contributed by atoms with Gasteiger partial charge in [-0.25, -0.2) is 9.37 Å². The summed E-state index contributed by atoms with van der Waals surface area (Å²) in [6.07, 6.45) is 5.16. The molecule has 2 N–H and O–H groups in total. The van der Waals surface area contributed by atoms with Gasteiger partial charge in [-0.1, -0.05) is 18.2 Å². The van der Waals surface area contributed by atoms with Crippen LogP contribution >= 0.6 is 0 Å².